The highest BCUT2D eigenvalue weighted by Gasteiger charge is 2.28. The minimum atomic E-state index is 0.0127. The van der Waals surface area contributed by atoms with E-state index >= 15 is 0 Å². The summed E-state index contributed by atoms with van der Waals surface area (Å²) in [4.78, 5) is 11.4. The van der Waals surface area contributed by atoms with Crippen molar-refractivity contribution in [1.29, 1.82) is 0 Å². The lowest BCUT2D eigenvalue weighted by Crippen LogP contribution is -2.54. The van der Waals surface area contributed by atoms with E-state index in [2.05, 4.69) is 31.4 Å². The van der Waals surface area contributed by atoms with E-state index in [-0.39, 0.29) is 11.9 Å². The normalized spacial score (nSPS) is 30.5. The predicted octanol–water partition coefficient (Wildman–Crippen LogP) is 0.509. The lowest BCUT2D eigenvalue weighted by atomic mass is 9.93. The van der Waals surface area contributed by atoms with Gasteiger partial charge in [0, 0.05) is 12.6 Å². The molecular weight excluding hydrogens is 152 g/mol. The second kappa shape index (κ2) is 3.90. The zero-order chi connectivity index (χ0) is 9.14. The van der Waals surface area contributed by atoms with Crippen LogP contribution in [0.5, 0.6) is 0 Å². The quantitative estimate of drug-likeness (QED) is 0.634. The Kier molecular flexibility index (Phi) is 3.09. The first-order valence-electron chi connectivity index (χ1n) is 4.65. The Morgan fingerprint density at radius 1 is 1.58 bits per heavy atom. The predicted molar refractivity (Wildman–Crippen MR) is 48.9 cm³/mol. The van der Waals surface area contributed by atoms with E-state index in [0.29, 0.717) is 12.0 Å². The third-order valence-corrected chi connectivity index (χ3v) is 2.26. The number of nitrogens with one attached hydrogen (secondary N) is 2. The van der Waals surface area contributed by atoms with E-state index in [1.54, 1.807) is 0 Å². The van der Waals surface area contributed by atoms with E-state index in [1.807, 2.05) is 0 Å². The molecule has 1 fully saturated rings. The van der Waals surface area contributed by atoms with Crippen molar-refractivity contribution in [1.82, 2.24) is 10.6 Å². The molecule has 70 valence electrons. The van der Waals surface area contributed by atoms with Gasteiger partial charge in [-0.3, -0.25) is 4.79 Å². The summed E-state index contributed by atoms with van der Waals surface area (Å²) in [5, 5.41) is 6.14. The molecule has 0 bridgehead atoms. The molecule has 0 spiro atoms. The average molecular weight is 170 g/mol. The third-order valence-electron chi connectivity index (χ3n) is 2.26. The molecule has 0 radical (unpaired) electrons. The fourth-order valence-corrected chi connectivity index (χ4v) is 1.56. The molecule has 1 amide bonds. The second-order valence-electron chi connectivity index (χ2n) is 3.86. The topological polar surface area (TPSA) is 41.1 Å². The summed E-state index contributed by atoms with van der Waals surface area (Å²) in [6.45, 7) is 7.08. The molecule has 3 heteroatoms. The Labute approximate surface area is 73.9 Å². The molecule has 1 saturated heterocycles. The molecule has 0 saturated carbocycles. The largest absolute Gasteiger partial charge is 0.355 e. The van der Waals surface area contributed by atoms with E-state index in [0.717, 1.165) is 13.0 Å². The van der Waals surface area contributed by atoms with Gasteiger partial charge in [-0.1, -0.05) is 20.8 Å². The van der Waals surface area contributed by atoms with E-state index in [4.69, 9.17) is 0 Å². The second-order valence-corrected chi connectivity index (χ2v) is 3.86. The van der Waals surface area contributed by atoms with E-state index in [9.17, 15) is 4.79 Å². The van der Waals surface area contributed by atoms with Crippen LogP contribution in [0.15, 0.2) is 0 Å². The highest BCUT2D eigenvalue weighted by atomic mass is 16.2. The smallest absolute Gasteiger partial charge is 0.237 e. The van der Waals surface area contributed by atoms with Crippen LogP contribution in [-0.4, -0.2) is 24.5 Å². The number of hydrogen-bond acceptors (Lipinski definition) is 2. The van der Waals surface area contributed by atoms with Gasteiger partial charge in [0.25, 0.3) is 0 Å². The molecule has 1 heterocycles. The minimum absolute atomic E-state index is 0.0127. The fraction of sp³-hybridized carbons (Fsp3) is 0.889. The molecule has 1 aliphatic rings. The first-order chi connectivity index (χ1) is 5.61. The number of rotatable bonds is 2. The van der Waals surface area contributed by atoms with Crippen LogP contribution in [-0.2, 0) is 4.79 Å². The van der Waals surface area contributed by atoms with Gasteiger partial charge in [0.2, 0.25) is 5.91 Å². The van der Waals surface area contributed by atoms with Gasteiger partial charge in [0.1, 0.15) is 0 Å². The van der Waals surface area contributed by atoms with Gasteiger partial charge in [-0.15, -0.1) is 0 Å². The van der Waals surface area contributed by atoms with Crippen molar-refractivity contribution in [2.45, 2.75) is 39.3 Å². The maximum absolute atomic E-state index is 11.4. The SMILES string of the molecule is CC(C)NC1C(=O)NCCC1C. The Morgan fingerprint density at radius 2 is 2.25 bits per heavy atom. The van der Waals surface area contributed by atoms with E-state index < -0.39 is 0 Å². The minimum Gasteiger partial charge on any atom is -0.355 e. The van der Waals surface area contributed by atoms with Crippen molar-refractivity contribution in [2.75, 3.05) is 6.54 Å². The molecule has 0 aromatic carbocycles. The fourth-order valence-electron chi connectivity index (χ4n) is 1.56. The van der Waals surface area contributed by atoms with Gasteiger partial charge in [0.05, 0.1) is 6.04 Å². The molecule has 3 nitrogen and oxygen atoms in total. The van der Waals surface area contributed by atoms with Crippen molar-refractivity contribution in [3.05, 3.63) is 0 Å². The number of amides is 1. The van der Waals surface area contributed by atoms with Gasteiger partial charge in [-0.05, 0) is 12.3 Å². The maximum Gasteiger partial charge on any atom is 0.237 e. The van der Waals surface area contributed by atoms with Gasteiger partial charge >= 0.3 is 0 Å². The van der Waals surface area contributed by atoms with Crippen molar-refractivity contribution in [3.63, 3.8) is 0 Å². The maximum atomic E-state index is 11.4. The van der Waals surface area contributed by atoms with Crippen LogP contribution in [0.4, 0.5) is 0 Å². The molecule has 0 aliphatic carbocycles. The Balaban J connectivity index is 2.51. The summed E-state index contributed by atoms with van der Waals surface area (Å²) >= 11 is 0. The summed E-state index contributed by atoms with van der Waals surface area (Å²) in [6.07, 6.45) is 1.08. The van der Waals surface area contributed by atoms with Crippen LogP contribution >= 0.6 is 0 Å². The summed E-state index contributed by atoms with van der Waals surface area (Å²) in [7, 11) is 0. The number of hydrogen-bond donors (Lipinski definition) is 2. The molecule has 0 aromatic heterocycles. The molecule has 1 rings (SSSR count). The zero-order valence-corrected chi connectivity index (χ0v) is 8.05. The van der Waals surface area contributed by atoms with Gasteiger partial charge < -0.3 is 10.6 Å². The van der Waals surface area contributed by atoms with Crippen LogP contribution < -0.4 is 10.6 Å². The zero-order valence-electron chi connectivity index (χ0n) is 8.05. The summed E-state index contributed by atoms with van der Waals surface area (Å²) < 4.78 is 0. The molecule has 12 heavy (non-hydrogen) atoms. The summed E-state index contributed by atoms with van der Waals surface area (Å²) in [5.41, 5.74) is 0. The lowest BCUT2D eigenvalue weighted by molar-refractivity contribution is -0.126. The van der Waals surface area contributed by atoms with Gasteiger partial charge in [0.15, 0.2) is 0 Å². The van der Waals surface area contributed by atoms with Crippen LogP contribution in [0.25, 0.3) is 0 Å². The van der Waals surface area contributed by atoms with Gasteiger partial charge in [-0.25, -0.2) is 0 Å². The van der Waals surface area contributed by atoms with E-state index in [1.165, 1.54) is 0 Å². The van der Waals surface area contributed by atoms with Crippen molar-refractivity contribution in [2.24, 2.45) is 5.92 Å². The molecule has 2 unspecified atom stereocenters. The lowest BCUT2D eigenvalue weighted by Gasteiger charge is -2.30. The average Bonchev–Trinajstić information content (AvgIpc) is 1.97. The van der Waals surface area contributed by atoms with Crippen LogP contribution in [0.1, 0.15) is 27.2 Å². The molecule has 1 aliphatic heterocycles. The third kappa shape index (κ3) is 2.21. The Hall–Kier alpha value is -0.570. The van der Waals surface area contributed by atoms with Crippen molar-refractivity contribution >= 4 is 5.91 Å². The van der Waals surface area contributed by atoms with Crippen LogP contribution in [0.3, 0.4) is 0 Å². The first-order valence-corrected chi connectivity index (χ1v) is 4.65. The standard InChI is InChI=1S/C9H18N2O/c1-6(2)11-8-7(3)4-5-10-9(8)12/h6-8,11H,4-5H2,1-3H3,(H,10,12). The first kappa shape index (κ1) is 9.52. The Bertz CT molecular complexity index is 168. The van der Waals surface area contributed by atoms with Gasteiger partial charge in [-0.2, -0.15) is 0 Å². The summed E-state index contributed by atoms with van der Waals surface area (Å²) in [5.74, 6) is 0.614. The molecule has 0 aromatic rings. The Morgan fingerprint density at radius 3 is 2.75 bits per heavy atom. The van der Waals surface area contributed by atoms with Crippen molar-refractivity contribution in [3.8, 4) is 0 Å². The molecule has 2 N–H and O–H groups in total. The summed E-state index contributed by atoms with van der Waals surface area (Å²) in [6, 6.07) is 0.389. The monoisotopic (exact) mass is 170 g/mol. The highest BCUT2D eigenvalue weighted by Crippen LogP contribution is 2.12. The number of piperidine rings is 1. The van der Waals surface area contributed by atoms with Crippen molar-refractivity contribution < 1.29 is 4.79 Å². The molecular formula is C9H18N2O. The van der Waals surface area contributed by atoms with Crippen LogP contribution in [0, 0.1) is 5.92 Å². The number of carbonyl (C=O) groups excluding carboxylic acids is 1. The molecule has 2 atom stereocenters. The van der Waals surface area contributed by atoms with Crippen LogP contribution in [0.2, 0.25) is 0 Å². The number of carbonyl (C=O) groups is 1. The highest BCUT2D eigenvalue weighted by molar-refractivity contribution is 5.82.